The molecular formula is C6H12Br2O4. The summed E-state index contributed by atoms with van der Waals surface area (Å²) in [5.41, 5.74) is 0. The Labute approximate surface area is 87.5 Å². The Hall–Kier alpha value is 0.800. The minimum Gasteiger partial charge on any atom is -0.389 e. The zero-order valence-electron chi connectivity index (χ0n) is 6.27. The van der Waals surface area contributed by atoms with Crippen LogP contribution in [-0.2, 0) is 0 Å². The molecule has 0 saturated carbocycles. The molecule has 0 heterocycles. The molecule has 74 valence electrons. The summed E-state index contributed by atoms with van der Waals surface area (Å²) in [6.45, 7) is 0. The van der Waals surface area contributed by atoms with Crippen LogP contribution in [0.2, 0.25) is 0 Å². The number of aliphatic hydroxyl groups excluding tert-OH is 4. The molecular weight excluding hydrogens is 296 g/mol. The van der Waals surface area contributed by atoms with Crippen LogP contribution in [0.25, 0.3) is 0 Å². The molecule has 0 aliphatic heterocycles. The summed E-state index contributed by atoms with van der Waals surface area (Å²) in [5, 5.41) is 36.8. The maximum Gasteiger partial charge on any atom is 0.109 e. The molecule has 0 aromatic heterocycles. The predicted molar refractivity (Wildman–Crippen MR) is 51.6 cm³/mol. The highest BCUT2D eigenvalue weighted by Crippen LogP contribution is 2.08. The van der Waals surface area contributed by atoms with Crippen molar-refractivity contribution in [3.05, 3.63) is 0 Å². The second-order valence-corrected chi connectivity index (χ2v) is 3.72. The number of hydrogen-bond donors (Lipinski definition) is 4. The van der Waals surface area contributed by atoms with Crippen LogP contribution in [0.3, 0.4) is 0 Å². The Kier molecular flexibility index (Phi) is 6.70. The van der Waals surface area contributed by atoms with Gasteiger partial charge in [0.05, 0.1) is 12.2 Å². The van der Waals surface area contributed by atoms with E-state index in [-0.39, 0.29) is 10.7 Å². The topological polar surface area (TPSA) is 80.9 Å². The summed E-state index contributed by atoms with van der Waals surface area (Å²) >= 11 is 5.88. The zero-order chi connectivity index (χ0) is 9.72. The van der Waals surface area contributed by atoms with Gasteiger partial charge >= 0.3 is 0 Å². The molecule has 4 N–H and O–H groups in total. The van der Waals surface area contributed by atoms with Gasteiger partial charge in [0, 0.05) is 10.7 Å². The highest BCUT2D eigenvalue weighted by atomic mass is 79.9. The largest absolute Gasteiger partial charge is 0.389 e. The number of hydrogen-bond acceptors (Lipinski definition) is 4. The number of alkyl halides is 2. The van der Waals surface area contributed by atoms with Gasteiger partial charge in [-0.2, -0.15) is 0 Å². The van der Waals surface area contributed by atoms with Crippen LogP contribution >= 0.6 is 31.9 Å². The van der Waals surface area contributed by atoms with Gasteiger partial charge in [0.2, 0.25) is 0 Å². The van der Waals surface area contributed by atoms with Gasteiger partial charge in [0.15, 0.2) is 0 Å². The Morgan fingerprint density at radius 2 is 1.00 bits per heavy atom. The summed E-state index contributed by atoms with van der Waals surface area (Å²) in [6, 6.07) is 0. The van der Waals surface area contributed by atoms with Crippen molar-refractivity contribution >= 4 is 31.9 Å². The second kappa shape index (κ2) is 6.28. The molecule has 4 nitrogen and oxygen atoms in total. The van der Waals surface area contributed by atoms with E-state index in [0.29, 0.717) is 0 Å². The van der Waals surface area contributed by atoms with E-state index >= 15 is 0 Å². The van der Waals surface area contributed by atoms with E-state index in [2.05, 4.69) is 31.9 Å². The number of aliphatic hydroxyl groups is 4. The van der Waals surface area contributed by atoms with Crippen LogP contribution in [0.4, 0.5) is 0 Å². The van der Waals surface area contributed by atoms with Gasteiger partial charge in [-0.1, -0.05) is 31.9 Å². The molecule has 0 rings (SSSR count). The van der Waals surface area contributed by atoms with Gasteiger partial charge < -0.3 is 20.4 Å². The summed E-state index contributed by atoms with van der Waals surface area (Å²) in [5.74, 6) is 0. The van der Waals surface area contributed by atoms with Crippen molar-refractivity contribution in [3.8, 4) is 0 Å². The van der Waals surface area contributed by atoms with Gasteiger partial charge in [0.25, 0.3) is 0 Å². The molecule has 0 radical (unpaired) electrons. The summed E-state index contributed by atoms with van der Waals surface area (Å²) < 4.78 is 0. The maximum atomic E-state index is 9.18. The van der Waals surface area contributed by atoms with Crippen LogP contribution in [0.1, 0.15) is 0 Å². The summed E-state index contributed by atoms with van der Waals surface area (Å²) in [7, 11) is 0. The average Bonchev–Trinajstić information content (AvgIpc) is 2.12. The van der Waals surface area contributed by atoms with Crippen molar-refractivity contribution in [2.45, 2.75) is 24.4 Å². The molecule has 0 fully saturated rings. The molecule has 0 aromatic carbocycles. The number of rotatable bonds is 5. The molecule has 0 spiro atoms. The van der Waals surface area contributed by atoms with Gasteiger partial charge in [-0.3, -0.25) is 0 Å². The van der Waals surface area contributed by atoms with Gasteiger partial charge in [-0.25, -0.2) is 0 Å². The van der Waals surface area contributed by atoms with E-state index in [9.17, 15) is 10.2 Å². The van der Waals surface area contributed by atoms with Crippen LogP contribution in [-0.4, -0.2) is 55.5 Å². The first-order valence-corrected chi connectivity index (χ1v) is 5.63. The smallest absolute Gasteiger partial charge is 0.109 e. The van der Waals surface area contributed by atoms with Gasteiger partial charge in [-0.05, 0) is 0 Å². The minimum absolute atomic E-state index is 0.153. The first-order valence-electron chi connectivity index (χ1n) is 3.38. The second-order valence-electron chi connectivity index (χ2n) is 2.42. The lowest BCUT2D eigenvalue weighted by Crippen LogP contribution is -2.45. The monoisotopic (exact) mass is 306 g/mol. The van der Waals surface area contributed by atoms with E-state index in [1.54, 1.807) is 0 Å². The Morgan fingerprint density at radius 1 is 0.750 bits per heavy atom. The quantitative estimate of drug-likeness (QED) is 0.502. The fourth-order valence-electron chi connectivity index (χ4n) is 0.638. The van der Waals surface area contributed by atoms with Crippen LogP contribution in [0, 0.1) is 0 Å². The third kappa shape index (κ3) is 3.68. The molecule has 0 bridgehead atoms. The van der Waals surface area contributed by atoms with Crippen molar-refractivity contribution in [1.82, 2.24) is 0 Å². The Bertz CT molecular complexity index is 110. The summed E-state index contributed by atoms with van der Waals surface area (Å²) in [4.78, 5) is 0. The zero-order valence-corrected chi connectivity index (χ0v) is 9.44. The molecule has 0 amide bonds. The SMILES string of the molecule is OC([C@@H](O)CBr)[C@H](O)[C@H](O)CBr. The van der Waals surface area contributed by atoms with E-state index in [0.717, 1.165) is 0 Å². The molecule has 6 heteroatoms. The molecule has 0 saturated heterocycles. The molecule has 12 heavy (non-hydrogen) atoms. The van der Waals surface area contributed by atoms with Crippen LogP contribution in [0.15, 0.2) is 0 Å². The van der Waals surface area contributed by atoms with E-state index in [4.69, 9.17) is 10.2 Å². The van der Waals surface area contributed by atoms with Gasteiger partial charge in [-0.15, -0.1) is 0 Å². The normalized spacial score (nSPS) is 21.5. The van der Waals surface area contributed by atoms with Crippen LogP contribution in [0.5, 0.6) is 0 Å². The fraction of sp³-hybridized carbons (Fsp3) is 1.00. The van der Waals surface area contributed by atoms with E-state index < -0.39 is 24.4 Å². The fourth-order valence-corrected chi connectivity index (χ4v) is 1.40. The van der Waals surface area contributed by atoms with Gasteiger partial charge in [0.1, 0.15) is 12.2 Å². The standard InChI is InChI=1S/C6H12Br2O4/c7-1-3(9)5(11)6(12)4(10)2-8/h3-6,9-12H,1-2H2/t3-,4+,5-,6?/m1/s1. The van der Waals surface area contributed by atoms with Crippen LogP contribution < -0.4 is 0 Å². The first-order chi connectivity index (χ1) is 5.54. The highest BCUT2D eigenvalue weighted by molar-refractivity contribution is 9.09. The molecule has 0 aromatic rings. The Morgan fingerprint density at radius 3 is 1.17 bits per heavy atom. The third-order valence-electron chi connectivity index (χ3n) is 1.45. The average molecular weight is 308 g/mol. The lowest BCUT2D eigenvalue weighted by atomic mass is 10.1. The lowest BCUT2D eigenvalue weighted by Gasteiger charge is -2.24. The predicted octanol–water partition coefficient (Wildman–Crippen LogP) is -0.780. The van der Waals surface area contributed by atoms with Crippen molar-refractivity contribution < 1.29 is 20.4 Å². The summed E-state index contributed by atoms with van der Waals surface area (Å²) in [6.07, 6.45) is -4.82. The maximum absolute atomic E-state index is 9.18. The molecule has 1 unspecified atom stereocenters. The van der Waals surface area contributed by atoms with Crippen molar-refractivity contribution in [2.24, 2.45) is 0 Å². The first kappa shape index (κ1) is 12.8. The lowest BCUT2D eigenvalue weighted by molar-refractivity contribution is -0.0916. The number of halogens is 2. The van der Waals surface area contributed by atoms with E-state index in [1.807, 2.05) is 0 Å². The molecule has 0 aliphatic rings. The molecule has 4 atom stereocenters. The molecule has 0 aliphatic carbocycles. The third-order valence-corrected chi connectivity index (χ3v) is 2.78. The Balaban J connectivity index is 3.99. The van der Waals surface area contributed by atoms with Crippen molar-refractivity contribution in [3.63, 3.8) is 0 Å². The highest BCUT2D eigenvalue weighted by Gasteiger charge is 2.28. The van der Waals surface area contributed by atoms with E-state index in [1.165, 1.54) is 0 Å². The minimum atomic E-state index is -1.34. The van der Waals surface area contributed by atoms with Crippen molar-refractivity contribution in [2.75, 3.05) is 10.7 Å². The van der Waals surface area contributed by atoms with Crippen molar-refractivity contribution in [1.29, 1.82) is 0 Å².